The minimum absolute atomic E-state index is 0.162. The summed E-state index contributed by atoms with van der Waals surface area (Å²) in [7, 11) is 1.61. The van der Waals surface area contributed by atoms with Crippen LogP contribution in [0.25, 0.3) is 6.08 Å². The van der Waals surface area contributed by atoms with E-state index in [9.17, 15) is 4.79 Å². The smallest absolute Gasteiger partial charge is 0.264 e. The molecule has 1 N–H and O–H groups in total. The summed E-state index contributed by atoms with van der Waals surface area (Å²) in [6, 6.07) is 14.6. The SMILES string of the molecule is COc1cccc(/C=C2\SC(=Nc3ccc(Cl)cc3)NC2=O)c1. The average molecular weight is 345 g/mol. The molecule has 1 heterocycles. The van der Waals surface area contributed by atoms with E-state index in [-0.39, 0.29) is 5.91 Å². The van der Waals surface area contributed by atoms with Gasteiger partial charge in [-0.3, -0.25) is 4.79 Å². The third-order valence-electron chi connectivity index (χ3n) is 3.10. The summed E-state index contributed by atoms with van der Waals surface area (Å²) in [5.41, 5.74) is 1.63. The number of nitrogens with one attached hydrogen (secondary N) is 1. The van der Waals surface area contributed by atoms with Gasteiger partial charge in [0.1, 0.15) is 5.75 Å². The minimum Gasteiger partial charge on any atom is -0.497 e. The van der Waals surface area contributed by atoms with E-state index in [2.05, 4.69) is 10.3 Å². The Morgan fingerprint density at radius 1 is 1.22 bits per heavy atom. The fraction of sp³-hybridized carbons (Fsp3) is 0.0588. The van der Waals surface area contributed by atoms with Crippen LogP contribution in [0.2, 0.25) is 5.02 Å². The lowest BCUT2D eigenvalue weighted by atomic mass is 10.2. The van der Waals surface area contributed by atoms with Crippen LogP contribution in [0.4, 0.5) is 5.69 Å². The van der Waals surface area contributed by atoms with Gasteiger partial charge in [0, 0.05) is 5.02 Å². The van der Waals surface area contributed by atoms with E-state index in [1.165, 1.54) is 11.8 Å². The molecule has 0 saturated carbocycles. The van der Waals surface area contributed by atoms with Gasteiger partial charge in [-0.25, -0.2) is 4.99 Å². The highest BCUT2D eigenvalue weighted by molar-refractivity contribution is 8.18. The highest BCUT2D eigenvalue weighted by Gasteiger charge is 2.23. The van der Waals surface area contributed by atoms with Gasteiger partial charge in [-0.1, -0.05) is 23.7 Å². The van der Waals surface area contributed by atoms with Crippen molar-refractivity contribution < 1.29 is 9.53 Å². The Hall–Kier alpha value is -2.24. The number of nitrogens with zero attached hydrogens (tertiary/aromatic N) is 1. The first-order valence-electron chi connectivity index (χ1n) is 6.83. The van der Waals surface area contributed by atoms with E-state index < -0.39 is 0 Å². The Morgan fingerprint density at radius 2 is 2.00 bits per heavy atom. The zero-order valence-electron chi connectivity index (χ0n) is 12.2. The molecule has 116 valence electrons. The topological polar surface area (TPSA) is 50.7 Å². The number of amidine groups is 1. The van der Waals surface area contributed by atoms with Gasteiger partial charge in [-0.2, -0.15) is 0 Å². The largest absolute Gasteiger partial charge is 0.497 e. The first-order chi connectivity index (χ1) is 11.1. The molecule has 1 amide bonds. The minimum atomic E-state index is -0.162. The summed E-state index contributed by atoms with van der Waals surface area (Å²) in [6.07, 6.45) is 1.81. The first-order valence-corrected chi connectivity index (χ1v) is 8.03. The summed E-state index contributed by atoms with van der Waals surface area (Å²) < 4.78 is 5.18. The van der Waals surface area contributed by atoms with Crippen LogP contribution in [0.15, 0.2) is 58.4 Å². The fourth-order valence-corrected chi connectivity index (χ4v) is 2.96. The van der Waals surface area contributed by atoms with Gasteiger partial charge in [-0.05, 0) is 59.8 Å². The lowest BCUT2D eigenvalue weighted by Crippen LogP contribution is -2.19. The normalized spacial score (nSPS) is 17.6. The zero-order chi connectivity index (χ0) is 16.2. The molecule has 2 aromatic carbocycles. The second-order valence-corrected chi connectivity index (χ2v) is 6.20. The summed E-state index contributed by atoms with van der Waals surface area (Å²) in [5.74, 6) is 0.586. The van der Waals surface area contributed by atoms with Crippen molar-refractivity contribution in [2.45, 2.75) is 0 Å². The maximum absolute atomic E-state index is 12.1. The predicted octanol–water partition coefficient (Wildman–Crippen LogP) is 4.24. The van der Waals surface area contributed by atoms with Crippen LogP contribution in [0.3, 0.4) is 0 Å². The molecule has 1 saturated heterocycles. The molecular weight excluding hydrogens is 332 g/mol. The van der Waals surface area contributed by atoms with Crippen LogP contribution in [-0.2, 0) is 4.79 Å². The Kier molecular flexibility index (Phi) is 4.69. The molecule has 4 nitrogen and oxygen atoms in total. The van der Waals surface area contributed by atoms with Crippen molar-refractivity contribution in [2.75, 3.05) is 7.11 Å². The molecule has 0 aromatic heterocycles. The zero-order valence-corrected chi connectivity index (χ0v) is 13.8. The summed E-state index contributed by atoms with van der Waals surface area (Å²) in [4.78, 5) is 17.0. The molecule has 0 atom stereocenters. The van der Waals surface area contributed by atoms with Crippen molar-refractivity contribution >= 4 is 46.2 Å². The lowest BCUT2D eigenvalue weighted by Gasteiger charge is -2.00. The molecule has 23 heavy (non-hydrogen) atoms. The molecule has 6 heteroatoms. The first kappa shape index (κ1) is 15.6. The van der Waals surface area contributed by atoms with Crippen LogP contribution < -0.4 is 10.1 Å². The van der Waals surface area contributed by atoms with Crippen LogP contribution >= 0.6 is 23.4 Å². The van der Waals surface area contributed by atoms with Gasteiger partial charge in [0.2, 0.25) is 0 Å². The van der Waals surface area contributed by atoms with Gasteiger partial charge in [-0.15, -0.1) is 0 Å². The van der Waals surface area contributed by atoms with Gasteiger partial charge < -0.3 is 10.1 Å². The van der Waals surface area contributed by atoms with Crippen LogP contribution in [0.5, 0.6) is 5.75 Å². The third-order valence-corrected chi connectivity index (χ3v) is 4.26. The van der Waals surface area contributed by atoms with Crippen molar-refractivity contribution in [3.05, 3.63) is 64.0 Å². The fourth-order valence-electron chi connectivity index (χ4n) is 2.00. The number of carbonyl (C=O) groups excluding carboxylic acids is 1. The van der Waals surface area contributed by atoms with E-state index in [1.807, 2.05) is 30.3 Å². The summed E-state index contributed by atoms with van der Waals surface area (Å²) in [5, 5.41) is 3.95. The molecule has 3 rings (SSSR count). The van der Waals surface area contributed by atoms with Crippen LogP contribution in [0, 0.1) is 0 Å². The Balaban J connectivity index is 1.81. The van der Waals surface area contributed by atoms with Gasteiger partial charge >= 0.3 is 0 Å². The van der Waals surface area contributed by atoms with E-state index in [0.29, 0.717) is 15.1 Å². The van der Waals surface area contributed by atoms with Crippen molar-refractivity contribution in [1.82, 2.24) is 5.32 Å². The number of hydrogen-bond acceptors (Lipinski definition) is 4. The Labute approximate surface area is 143 Å². The number of rotatable bonds is 3. The number of ether oxygens (including phenoxy) is 1. The second-order valence-electron chi connectivity index (χ2n) is 4.73. The summed E-state index contributed by atoms with van der Waals surface area (Å²) in [6.45, 7) is 0. The molecule has 2 aromatic rings. The molecule has 1 aliphatic heterocycles. The van der Waals surface area contributed by atoms with Crippen LogP contribution in [-0.4, -0.2) is 18.2 Å². The molecule has 0 unspecified atom stereocenters. The van der Waals surface area contributed by atoms with Gasteiger partial charge in [0.05, 0.1) is 17.7 Å². The molecule has 0 radical (unpaired) electrons. The van der Waals surface area contributed by atoms with E-state index >= 15 is 0 Å². The van der Waals surface area contributed by atoms with Gasteiger partial charge in [0.25, 0.3) is 5.91 Å². The van der Waals surface area contributed by atoms with Crippen molar-refractivity contribution in [3.8, 4) is 5.75 Å². The standard InChI is InChI=1S/C17H13ClN2O2S/c1-22-14-4-2-3-11(9-14)10-15-16(21)20-17(23-15)19-13-7-5-12(18)6-8-13/h2-10H,1H3,(H,19,20,21)/b15-10-. The number of aliphatic imine (C=N–C) groups is 1. The number of carbonyl (C=O) groups is 1. The highest BCUT2D eigenvalue weighted by atomic mass is 35.5. The van der Waals surface area contributed by atoms with Crippen molar-refractivity contribution in [2.24, 2.45) is 4.99 Å². The Morgan fingerprint density at radius 3 is 2.74 bits per heavy atom. The predicted molar refractivity (Wildman–Crippen MR) is 95.3 cm³/mol. The van der Waals surface area contributed by atoms with E-state index in [0.717, 1.165) is 17.0 Å². The molecule has 1 aliphatic rings. The number of hydrogen-bond donors (Lipinski definition) is 1. The van der Waals surface area contributed by atoms with Crippen molar-refractivity contribution in [1.29, 1.82) is 0 Å². The summed E-state index contributed by atoms with van der Waals surface area (Å²) >= 11 is 7.15. The third kappa shape index (κ3) is 3.94. The second kappa shape index (κ2) is 6.89. The number of methoxy groups -OCH3 is 1. The lowest BCUT2D eigenvalue weighted by molar-refractivity contribution is -0.115. The molecule has 1 fully saturated rings. The van der Waals surface area contributed by atoms with Crippen LogP contribution in [0.1, 0.15) is 5.56 Å². The maximum Gasteiger partial charge on any atom is 0.264 e. The number of amides is 1. The number of benzene rings is 2. The average Bonchev–Trinajstić information content (AvgIpc) is 2.89. The van der Waals surface area contributed by atoms with Gasteiger partial charge in [0.15, 0.2) is 5.17 Å². The maximum atomic E-state index is 12.1. The van der Waals surface area contributed by atoms with Crippen molar-refractivity contribution in [3.63, 3.8) is 0 Å². The monoisotopic (exact) mass is 344 g/mol. The molecule has 0 aliphatic carbocycles. The molecular formula is C17H13ClN2O2S. The van der Waals surface area contributed by atoms with E-state index in [4.69, 9.17) is 16.3 Å². The number of thioether (sulfide) groups is 1. The molecule has 0 spiro atoms. The Bertz CT molecular complexity index is 800. The van der Waals surface area contributed by atoms with E-state index in [1.54, 1.807) is 31.4 Å². The highest BCUT2D eigenvalue weighted by Crippen LogP contribution is 2.29. The number of halogens is 1. The molecule has 0 bridgehead atoms. The quantitative estimate of drug-likeness (QED) is 0.847.